The minimum Gasteiger partial charge on any atom is -0.870 e. The quantitative estimate of drug-likeness (QED) is 0.00886. The second-order valence-electron chi connectivity index (χ2n) is 40.4. The number of alkyl halides is 6. The van der Waals surface area contributed by atoms with Crippen molar-refractivity contribution in [2.45, 2.75) is 345 Å². The molecule has 7 aromatic rings. The molecule has 19 rings (SSSR count). The van der Waals surface area contributed by atoms with E-state index in [0.717, 1.165) is 137 Å². The van der Waals surface area contributed by atoms with Crippen molar-refractivity contribution < 1.29 is 158 Å². The fourth-order valence-electron chi connectivity index (χ4n) is 17.6. The summed E-state index contributed by atoms with van der Waals surface area (Å²) in [6, 6.07) is 25.4. The predicted molar refractivity (Wildman–Crippen MR) is 528 cm³/mol. The molecule has 0 radical (unpaired) electrons. The summed E-state index contributed by atoms with van der Waals surface area (Å²) in [5.41, 5.74) is 3.80. The van der Waals surface area contributed by atoms with E-state index in [2.05, 4.69) is 23.6 Å². The molecule has 4 aromatic carbocycles. The number of aliphatic hydroxyl groups excluding tert-OH is 2. The number of H-pyrrole nitrogens is 1. The Morgan fingerprint density at radius 2 is 0.894 bits per heavy atom. The molecule has 11 fully saturated rings. The summed E-state index contributed by atoms with van der Waals surface area (Å²) in [6.07, 6.45) is 36.6. The molecule has 7 heterocycles. The molecule has 8 saturated carbocycles. The van der Waals surface area contributed by atoms with Crippen LogP contribution in [0.2, 0.25) is 15.1 Å². The standard InChI is InChI=1S/C28H28ClF2NO3.C21H24ClF2NO2.C17H18ClF2NO.C10H18O2.C9H16O4.C9H16O3.C5H10O.C5H8O.C4H8O3.Na.H2O/c29-22-7-4-8-23-25(22)21(24(33)10-9-19-11-13-28(30,31)14-12-19)17-32(23)18-27(15-16-27)35-26(34)20-5-2-1-3-6-20;22-16-2-1-3-17-19(16)15(12-25(17)13-20(27)10-11-20)18(26)5-4-14-6-8-21(23,24)9-7-14;18-13-2-1-3-14-16(13)12(10-21-14)15(22)5-4-11-6-8-17(19,20)9-7-11;1-10(5-6-10)8-12-9-4-2-3-7-11-9;1-2-11-8(10)7-13-9-5-3-4-6-12-9;10-9(4-5-9)7-12-8-3-1-2-6-11-8;1-5(4-6)2-3-5;1-2-4-6-5-3-1;1-2-7-4(6)3-5;;/h1-8,17,19H,9-16,18H2;1-3,12,14,27H,4-11,13H2;1-3,10-11,21H,4-9H2;9H,2-8H2,1H3;9H,2-7H2,1H3;8,10H,1-7H2;6H,2-4H2,1H3;2,4H,1,3,5H2;5H,2-3H2,1H3;;1H2/q;;;;;;;;;+1;/p-1. The number of halogens is 9. The van der Waals surface area contributed by atoms with E-state index in [-0.39, 0.29) is 146 Å². The van der Waals surface area contributed by atoms with Gasteiger partial charge in [0.15, 0.2) is 36.2 Å². The maximum Gasteiger partial charge on any atom is 1.00 e. The first-order chi connectivity index (χ1) is 66.9. The van der Waals surface area contributed by atoms with E-state index in [1.165, 1.54) is 57.8 Å². The zero-order valence-electron chi connectivity index (χ0n) is 83.3. The number of aromatic amines is 1. The fraction of sp³-hybridized carbons (Fsp3) is 0.648. The van der Waals surface area contributed by atoms with Gasteiger partial charge in [0.1, 0.15) is 18.8 Å². The summed E-state index contributed by atoms with van der Waals surface area (Å²) in [4.78, 5) is 75.1. The third kappa shape index (κ3) is 40.2. The Morgan fingerprint density at radius 3 is 1.27 bits per heavy atom. The third-order valence-corrected chi connectivity index (χ3v) is 28.9. The summed E-state index contributed by atoms with van der Waals surface area (Å²) in [7, 11) is 0. The zero-order chi connectivity index (χ0) is 101. The molecule has 3 atom stereocenters. The van der Waals surface area contributed by atoms with Crippen molar-refractivity contribution in [2.24, 2.45) is 28.6 Å². The van der Waals surface area contributed by atoms with Gasteiger partial charge in [0.05, 0.1) is 95.3 Å². The molecule has 3 unspecified atom stereocenters. The van der Waals surface area contributed by atoms with Crippen LogP contribution in [-0.2, 0) is 70.0 Å². The van der Waals surface area contributed by atoms with Gasteiger partial charge in [-0.3, -0.25) is 14.4 Å². The Bertz CT molecular complexity index is 5020. The summed E-state index contributed by atoms with van der Waals surface area (Å²) >= 11 is 19.1. The number of Topliss-reactive ketones (excluding diaryl/α,β-unsaturated/α-hetero) is 3. The Kier molecular flexibility index (Phi) is 48.0. The van der Waals surface area contributed by atoms with Crippen LogP contribution >= 0.6 is 34.8 Å². The number of carbonyl (C=O) groups is 6. The number of benzene rings is 4. The summed E-state index contributed by atoms with van der Waals surface area (Å²) in [5.74, 6) is -8.32. The Hall–Kier alpha value is -6.53. The van der Waals surface area contributed by atoms with Crippen LogP contribution in [0.15, 0.2) is 116 Å². The van der Waals surface area contributed by atoms with Crippen LogP contribution in [0, 0.1) is 28.6 Å². The molecule has 6 N–H and O–H groups in total. The number of hydrogen-bond acceptors (Lipinski definition) is 21. The first kappa shape index (κ1) is 119. The molecular formula is C108H147Cl3F6N3NaO21. The third-order valence-electron chi connectivity index (χ3n) is 27.9. The molecule has 784 valence electrons. The molecular weight excluding hydrogens is 1920 g/mol. The number of aliphatic hydroxyl groups is 4. The van der Waals surface area contributed by atoms with Crippen molar-refractivity contribution in [3.63, 3.8) is 0 Å². The number of carbonyl (C=O) groups excluding carboxylic acids is 6. The van der Waals surface area contributed by atoms with Crippen molar-refractivity contribution in [3.05, 3.63) is 153 Å². The maximum absolute atomic E-state index is 13.5. The second kappa shape index (κ2) is 57.3. The number of aromatic nitrogens is 3. The Morgan fingerprint density at radius 1 is 0.465 bits per heavy atom. The molecule has 0 amide bonds. The molecule has 0 spiro atoms. The molecule has 8 aliphatic carbocycles. The van der Waals surface area contributed by atoms with E-state index >= 15 is 0 Å². The second-order valence-corrected chi connectivity index (χ2v) is 41.6. The van der Waals surface area contributed by atoms with Crippen LogP contribution in [0.5, 0.6) is 0 Å². The van der Waals surface area contributed by atoms with Crippen LogP contribution in [0.1, 0.15) is 320 Å². The fourth-order valence-corrected chi connectivity index (χ4v) is 18.4. The van der Waals surface area contributed by atoms with Crippen molar-refractivity contribution in [3.8, 4) is 0 Å². The van der Waals surface area contributed by atoms with Crippen LogP contribution in [-0.4, -0.2) is 201 Å². The van der Waals surface area contributed by atoms with E-state index < -0.39 is 47.1 Å². The largest absolute Gasteiger partial charge is 1.00 e. The maximum atomic E-state index is 13.5. The van der Waals surface area contributed by atoms with Gasteiger partial charge in [-0.25, -0.2) is 40.7 Å². The van der Waals surface area contributed by atoms with E-state index in [9.17, 15) is 65.3 Å². The molecule has 3 aromatic heterocycles. The molecule has 24 nitrogen and oxygen atoms in total. The number of fused-ring (bicyclic) bond motifs is 3. The van der Waals surface area contributed by atoms with Gasteiger partial charge in [-0.15, -0.1) is 0 Å². The van der Waals surface area contributed by atoms with Gasteiger partial charge in [0.2, 0.25) is 17.8 Å². The first-order valence-corrected chi connectivity index (χ1v) is 51.8. The van der Waals surface area contributed by atoms with Crippen molar-refractivity contribution in [2.75, 3.05) is 72.7 Å². The average molecular weight is 2070 g/mol. The van der Waals surface area contributed by atoms with E-state index in [1.54, 1.807) is 75.0 Å². The van der Waals surface area contributed by atoms with Gasteiger partial charge in [-0.1, -0.05) is 85.0 Å². The molecule has 0 bridgehead atoms. The normalized spacial score (nSPS) is 21.7. The molecule has 4 aliphatic heterocycles. The first-order valence-electron chi connectivity index (χ1n) is 50.7. The van der Waals surface area contributed by atoms with Crippen LogP contribution in [0.3, 0.4) is 0 Å². The van der Waals surface area contributed by atoms with Crippen LogP contribution in [0.25, 0.3) is 32.7 Å². The van der Waals surface area contributed by atoms with Gasteiger partial charge >= 0.3 is 47.5 Å². The van der Waals surface area contributed by atoms with E-state index in [0.29, 0.717) is 170 Å². The monoisotopic (exact) mass is 2060 g/mol. The Labute approximate surface area is 868 Å². The molecule has 12 aliphatic rings. The Balaban J connectivity index is 0.000000189. The van der Waals surface area contributed by atoms with Gasteiger partial charge in [-0.2, -0.15) is 0 Å². The van der Waals surface area contributed by atoms with E-state index in [1.807, 2.05) is 63.9 Å². The smallest absolute Gasteiger partial charge is 0.870 e. The van der Waals surface area contributed by atoms with Gasteiger partial charge in [-0.05, 0) is 290 Å². The number of ketones is 3. The SMILES string of the molecule is C1=COCCC1.CC1(CO)CC1.CC1(COC2CCCCO2)CC1.CCOC(=O)CO.CCOC(=O)COC1CCCCO1.O=C(CCC1CCC(F)(F)CC1)c1c[nH]c2cccc(Cl)c12.O=C(CCC1CCC(F)(F)CC1)c1cn(CC2(O)CC2)c2cccc(Cl)c12.O=C(OC1(Cn2cc(C(=O)CCC3CCC(F)(F)CC3)c3c(Cl)cccc32)CC1)c1ccccc1.OC1(COC2CCCCO2)CC1.[Na+].[OH-]. The number of ether oxygens (including phenoxy) is 10. The minimum atomic E-state index is -2.57. The molecule has 142 heavy (non-hydrogen) atoms. The molecule has 34 heteroatoms. The topological polar surface area (TPSA) is 331 Å². The van der Waals surface area contributed by atoms with Gasteiger partial charge < -0.3 is 87.4 Å². The van der Waals surface area contributed by atoms with Crippen molar-refractivity contribution >= 4 is 103 Å². The summed E-state index contributed by atoms with van der Waals surface area (Å²) in [5, 5.41) is 40.0. The predicted octanol–water partition coefficient (Wildman–Crippen LogP) is 21.6. The zero-order valence-corrected chi connectivity index (χ0v) is 87.5. The van der Waals surface area contributed by atoms with Crippen LogP contribution < -0.4 is 29.6 Å². The number of nitrogens with zero attached hydrogens (tertiary/aromatic N) is 2. The van der Waals surface area contributed by atoms with E-state index in [4.69, 9.17) is 87.6 Å². The summed E-state index contributed by atoms with van der Waals surface area (Å²) < 4.78 is 136. The number of esters is 3. The van der Waals surface area contributed by atoms with Gasteiger partial charge in [0.25, 0.3) is 0 Å². The van der Waals surface area contributed by atoms with Crippen LogP contribution in [0.4, 0.5) is 26.3 Å². The summed E-state index contributed by atoms with van der Waals surface area (Å²) in [6.45, 7) is 14.0. The van der Waals surface area contributed by atoms with Crippen molar-refractivity contribution in [1.82, 2.24) is 14.1 Å². The van der Waals surface area contributed by atoms with Crippen molar-refractivity contribution in [1.29, 1.82) is 0 Å². The number of hydrogen-bond donors (Lipinski definition) is 5. The number of allylic oxidation sites excluding steroid dienone is 1. The van der Waals surface area contributed by atoms with Gasteiger partial charge in [0, 0.05) is 141 Å². The molecule has 3 saturated heterocycles. The minimum absolute atomic E-state index is 0. The number of rotatable bonds is 31. The number of nitrogens with one attached hydrogen (secondary N) is 1. The average Bonchev–Trinajstić information content (AvgIpc) is 1.60.